The number of methoxy groups -OCH3 is 2. The van der Waals surface area contributed by atoms with Gasteiger partial charge < -0.3 is 14.6 Å². The number of ether oxygens (including phenoxy) is 2. The molecule has 6 heteroatoms. The highest BCUT2D eigenvalue weighted by Crippen LogP contribution is 2.35. The molecule has 3 aromatic carbocycles. The average Bonchev–Trinajstić information content (AvgIpc) is 2.69. The summed E-state index contributed by atoms with van der Waals surface area (Å²) in [5.41, 5.74) is 7.16. The van der Waals surface area contributed by atoms with E-state index >= 15 is 0 Å². The van der Waals surface area contributed by atoms with Gasteiger partial charge in [-0.1, -0.05) is 53.5 Å². The van der Waals surface area contributed by atoms with Crippen molar-refractivity contribution in [3.8, 4) is 11.5 Å². The largest absolute Gasteiger partial charge is 0.497 e. The molecule has 1 unspecified atom stereocenters. The fourth-order valence-electron chi connectivity index (χ4n) is 3.18. The molecule has 0 heterocycles. The van der Waals surface area contributed by atoms with Crippen molar-refractivity contribution >= 4 is 23.2 Å². The Morgan fingerprint density at radius 3 is 2.29 bits per heavy atom. The van der Waals surface area contributed by atoms with E-state index in [9.17, 15) is 5.11 Å². The summed E-state index contributed by atoms with van der Waals surface area (Å²) >= 11 is 12.5. The van der Waals surface area contributed by atoms with Crippen LogP contribution in [0.3, 0.4) is 0 Å². The fraction of sp³-hybridized carbons (Fsp3) is 0.182. The molecule has 0 bridgehead atoms. The van der Waals surface area contributed by atoms with E-state index in [2.05, 4.69) is 0 Å². The Morgan fingerprint density at radius 2 is 1.61 bits per heavy atom. The molecule has 0 radical (unpaired) electrons. The van der Waals surface area contributed by atoms with Crippen molar-refractivity contribution in [3.63, 3.8) is 0 Å². The molecule has 0 fully saturated rings. The third-order valence-electron chi connectivity index (χ3n) is 4.64. The highest BCUT2D eigenvalue weighted by atomic mass is 35.5. The smallest absolute Gasteiger partial charge is 0.167 e. The maximum absolute atomic E-state index is 11.2. The van der Waals surface area contributed by atoms with Crippen molar-refractivity contribution < 1.29 is 14.6 Å². The molecular weight excluding hydrogens is 397 g/mol. The molecular formula is C22H21Cl2NO3. The van der Waals surface area contributed by atoms with Crippen LogP contribution in [0.25, 0.3) is 0 Å². The number of hydrogen-bond acceptors (Lipinski definition) is 4. The molecule has 28 heavy (non-hydrogen) atoms. The third-order valence-corrected chi connectivity index (χ3v) is 5.21. The van der Waals surface area contributed by atoms with Crippen LogP contribution in [0.2, 0.25) is 10.0 Å². The minimum absolute atomic E-state index is 0.375. The van der Waals surface area contributed by atoms with E-state index in [4.69, 9.17) is 38.4 Å². The van der Waals surface area contributed by atoms with E-state index in [1.165, 1.54) is 0 Å². The summed E-state index contributed by atoms with van der Waals surface area (Å²) in [6.45, 7) is 0. The predicted octanol–water partition coefficient (Wildman–Crippen LogP) is 4.75. The van der Waals surface area contributed by atoms with Crippen molar-refractivity contribution in [3.05, 3.63) is 93.0 Å². The Hall–Kier alpha value is -2.24. The molecule has 3 aromatic rings. The molecule has 1 atom stereocenters. The van der Waals surface area contributed by atoms with Crippen LogP contribution in [0.5, 0.6) is 11.5 Å². The van der Waals surface area contributed by atoms with Crippen LogP contribution in [0, 0.1) is 0 Å². The van der Waals surface area contributed by atoms with Gasteiger partial charge in [-0.15, -0.1) is 0 Å². The lowest BCUT2D eigenvalue weighted by Gasteiger charge is -2.28. The fourth-order valence-corrected chi connectivity index (χ4v) is 3.63. The van der Waals surface area contributed by atoms with Gasteiger partial charge in [0.1, 0.15) is 11.5 Å². The molecule has 0 saturated carbocycles. The van der Waals surface area contributed by atoms with E-state index in [-0.39, 0.29) is 0 Å². The summed E-state index contributed by atoms with van der Waals surface area (Å²) in [6, 6.07) is 17.8. The van der Waals surface area contributed by atoms with Crippen LogP contribution in [0.15, 0.2) is 60.7 Å². The number of halogens is 2. The van der Waals surface area contributed by atoms with E-state index in [1.807, 2.05) is 24.3 Å². The first-order chi connectivity index (χ1) is 13.4. The molecule has 0 aliphatic heterocycles. The quantitative estimate of drug-likeness (QED) is 0.567. The first kappa shape index (κ1) is 20.5. The zero-order valence-corrected chi connectivity index (χ0v) is 17.1. The standard InChI is InChI=1S/C22H21Cl2NO3/c1-27-17-10-8-15(21(13-17)28-2)11-14-7-9-16(23)12-19(14)22(25,26)18-5-3-4-6-20(18)24/h3-10,12-13,26H,11,25H2,1-2H3. The average molecular weight is 418 g/mol. The Morgan fingerprint density at radius 1 is 0.893 bits per heavy atom. The molecule has 0 aliphatic rings. The topological polar surface area (TPSA) is 64.7 Å². The molecule has 3 rings (SSSR count). The van der Waals surface area contributed by atoms with Gasteiger partial charge in [0.15, 0.2) is 5.72 Å². The highest BCUT2D eigenvalue weighted by molar-refractivity contribution is 6.31. The van der Waals surface area contributed by atoms with Crippen molar-refractivity contribution in [2.45, 2.75) is 12.1 Å². The maximum atomic E-state index is 11.2. The second-order valence-corrected chi connectivity index (χ2v) is 7.25. The number of nitrogens with two attached hydrogens (primary N) is 1. The van der Waals surface area contributed by atoms with Gasteiger partial charge in [-0.3, -0.25) is 5.73 Å². The molecule has 0 aliphatic carbocycles. The van der Waals surface area contributed by atoms with Crippen LogP contribution in [0.4, 0.5) is 0 Å². The van der Waals surface area contributed by atoms with Crippen LogP contribution in [-0.4, -0.2) is 19.3 Å². The summed E-state index contributed by atoms with van der Waals surface area (Å²) in [5, 5.41) is 12.1. The number of benzene rings is 3. The molecule has 0 saturated heterocycles. The first-order valence-electron chi connectivity index (χ1n) is 8.63. The van der Waals surface area contributed by atoms with Gasteiger partial charge in [-0.2, -0.15) is 0 Å². The molecule has 0 amide bonds. The van der Waals surface area contributed by atoms with E-state index in [1.54, 1.807) is 50.6 Å². The number of rotatable bonds is 6. The minimum atomic E-state index is -1.81. The molecule has 3 N–H and O–H groups in total. The summed E-state index contributed by atoms with van der Waals surface area (Å²) in [5.74, 6) is 1.38. The number of aliphatic hydroxyl groups is 1. The van der Waals surface area contributed by atoms with E-state index in [0.717, 1.165) is 11.1 Å². The monoisotopic (exact) mass is 417 g/mol. The second kappa shape index (κ2) is 8.41. The van der Waals surface area contributed by atoms with Crippen molar-refractivity contribution in [2.24, 2.45) is 5.73 Å². The van der Waals surface area contributed by atoms with Gasteiger partial charge >= 0.3 is 0 Å². The maximum Gasteiger partial charge on any atom is 0.167 e. The minimum Gasteiger partial charge on any atom is -0.497 e. The van der Waals surface area contributed by atoms with Gasteiger partial charge in [0.05, 0.1) is 14.2 Å². The summed E-state index contributed by atoms with van der Waals surface area (Å²) in [6.07, 6.45) is 0.476. The van der Waals surface area contributed by atoms with Gasteiger partial charge in [-0.05, 0) is 35.4 Å². The van der Waals surface area contributed by atoms with E-state index < -0.39 is 5.72 Å². The van der Waals surface area contributed by atoms with Gasteiger partial charge in [-0.25, -0.2) is 0 Å². The Balaban J connectivity index is 2.09. The van der Waals surface area contributed by atoms with Gasteiger partial charge in [0.25, 0.3) is 0 Å². The van der Waals surface area contributed by atoms with Crippen LogP contribution < -0.4 is 15.2 Å². The normalized spacial score (nSPS) is 13.1. The Kier molecular flexibility index (Phi) is 6.16. The van der Waals surface area contributed by atoms with Gasteiger partial charge in [0.2, 0.25) is 0 Å². The van der Waals surface area contributed by atoms with Crippen molar-refractivity contribution in [2.75, 3.05) is 14.2 Å². The second-order valence-electron chi connectivity index (χ2n) is 6.40. The highest BCUT2D eigenvalue weighted by Gasteiger charge is 2.31. The first-order valence-corrected chi connectivity index (χ1v) is 9.38. The lowest BCUT2D eigenvalue weighted by atomic mass is 9.88. The van der Waals surface area contributed by atoms with Crippen molar-refractivity contribution in [1.82, 2.24) is 0 Å². The Labute approximate surface area is 174 Å². The zero-order chi connectivity index (χ0) is 20.3. The number of hydrogen-bond donors (Lipinski definition) is 2. The van der Waals surface area contributed by atoms with E-state index in [0.29, 0.717) is 39.1 Å². The molecule has 4 nitrogen and oxygen atoms in total. The summed E-state index contributed by atoms with van der Waals surface area (Å²) in [7, 11) is 3.20. The SMILES string of the molecule is COc1ccc(Cc2ccc(Cl)cc2C(N)(O)c2ccccc2Cl)c(OC)c1. The summed E-state index contributed by atoms with van der Waals surface area (Å²) in [4.78, 5) is 0. The summed E-state index contributed by atoms with van der Waals surface area (Å²) < 4.78 is 10.7. The lowest BCUT2D eigenvalue weighted by Crippen LogP contribution is -2.39. The molecule has 0 spiro atoms. The molecule has 146 valence electrons. The zero-order valence-electron chi connectivity index (χ0n) is 15.6. The van der Waals surface area contributed by atoms with Crippen molar-refractivity contribution in [1.29, 1.82) is 0 Å². The van der Waals surface area contributed by atoms with Crippen LogP contribution in [-0.2, 0) is 12.1 Å². The predicted molar refractivity (Wildman–Crippen MR) is 112 cm³/mol. The lowest BCUT2D eigenvalue weighted by molar-refractivity contribution is 0.0876. The van der Waals surface area contributed by atoms with Crippen LogP contribution in [0.1, 0.15) is 22.3 Å². The van der Waals surface area contributed by atoms with Crippen LogP contribution >= 0.6 is 23.2 Å². The third kappa shape index (κ3) is 4.10. The Bertz CT molecular complexity index is 989. The molecule has 0 aromatic heterocycles. The van der Waals surface area contributed by atoms with Gasteiger partial charge in [0, 0.05) is 33.7 Å².